The van der Waals surface area contributed by atoms with E-state index in [1.807, 2.05) is 32.0 Å². The molecule has 0 bridgehead atoms. The van der Waals surface area contributed by atoms with E-state index in [1.54, 1.807) is 31.4 Å². The van der Waals surface area contributed by atoms with E-state index in [0.717, 1.165) is 11.1 Å². The molecule has 0 saturated heterocycles. The van der Waals surface area contributed by atoms with Crippen LogP contribution in [-0.2, 0) is 4.79 Å². The fraction of sp³-hybridized carbons (Fsp3) is 0.222. The molecule has 2 aromatic rings. The number of hydrazine groups is 1. The number of hydrogen-bond acceptors (Lipinski definition) is 4. The van der Waals surface area contributed by atoms with Crippen molar-refractivity contribution in [3.63, 3.8) is 0 Å². The number of carbonyl (C=O) groups is 2. The van der Waals surface area contributed by atoms with Crippen molar-refractivity contribution in [1.29, 1.82) is 0 Å². The molecule has 0 unspecified atom stereocenters. The highest BCUT2D eigenvalue weighted by Crippen LogP contribution is 2.18. The Labute approximate surface area is 140 Å². The molecular formula is C18H20N2O4. The third-order valence-electron chi connectivity index (χ3n) is 3.37. The minimum Gasteiger partial charge on any atom is -0.497 e. The Balaban J connectivity index is 1.82. The number of nitrogens with one attached hydrogen (secondary N) is 2. The van der Waals surface area contributed by atoms with Gasteiger partial charge in [0.15, 0.2) is 6.61 Å². The highest BCUT2D eigenvalue weighted by molar-refractivity contribution is 5.95. The normalized spacial score (nSPS) is 9.96. The first-order valence-corrected chi connectivity index (χ1v) is 7.43. The first-order chi connectivity index (χ1) is 11.5. The largest absolute Gasteiger partial charge is 0.497 e. The zero-order valence-corrected chi connectivity index (χ0v) is 13.9. The lowest BCUT2D eigenvalue weighted by Gasteiger charge is -2.11. The number of amides is 2. The van der Waals surface area contributed by atoms with Crippen LogP contribution in [-0.4, -0.2) is 25.5 Å². The molecule has 6 nitrogen and oxygen atoms in total. The number of aryl methyl sites for hydroxylation is 2. The Bertz CT molecular complexity index is 726. The predicted molar refractivity (Wildman–Crippen MR) is 90.0 cm³/mol. The average Bonchev–Trinajstić information content (AvgIpc) is 2.60. The molecule has 0 radical (unpaired) electrons. The van der Waals surface area contributed by atoms with Crippen LogP contribution in [0.25, 0.3) is 0 Å². The molecule has 0 saturated carbocycles. The topological polar surface area (TPSA) is 76.7 Å². The molecule has 0 aliphatic heterocycles. The predicted octanol–water partition coefficient (Wildman–Crippen LogP) is 2.15. The van der Waals surface area contributed by atoms with Gasteiger partial charge in [-0.15, -0.1) is 0 Å². The van der Waals surface area contributed by atoms with Gasteiger partial charge in [0.1, 0.15) is 11.5 Å². The summed E-state index contributed by atoms with van der Waals surface area (Å²) in [6.07, 6.45) is 0. The average molecular weight is 328 g/mol. The molecule has 2 rings (SSSR count). The summed E-state index contributed by atoms with van der Waals surface area (Å²) in [5, 5.41) is 0. The van der Waals surface area contributed by atoms with E-state index >= 15 is 0 Å². The number of methoxy groups -OCH3 is 1. The van der Waals surface area contributed by atoms with Crippen LogP contribution in [0.5, 0.6) is 11.5 Å². The van der Waals surface area contributed by atoms with Gasteiger partial charge in [-0.05, 0) is 55.3 Å². The van der Waals surface area contributed by atoms with E-state index in [1.165, 1.54) is 0 Å². The molecule has 24 heavy (non-hydrogen) atoms. The molecule has 0 aliphatic rings. The van der Waals surface area contributed by atoms with Crippen molar-refractivity contribution in [1.82, 2.24) is 10.9 Å². The second-order valence-electron chi connectivity index (χ2n) is 5.29. The summed E-state index contributed by atoms with van der Waals surface area (Å²) in [4.78, 5) is 23.7. The molecule has 0 aliphatic carbocycles. The minimum atomic E-state index is -0.447. The fourth-order valence-corrected chi connectivity index (χ4v) is 1.98. The molecule has 126 valence electrons. The summed E-state index contributed by atoms with van der Waals surface area (Å²) in [5.74, 6) is 0.430. The second-order valence-corrected chi connectivity index (χ2v) is 5.29. The van der Waals surface area contributed by atoms with Crippen molar-refractivity contribution in [2.24, 2.45) is 0 Å². The molecular weight excluding hydrogens is 308 g/mol. The van der Waals surface area contributed by atoms with Crippen LogP contribution < -0.4 is 20.3 Å². The Morgan fingerprint density at radius 2 is 1.71 bits per heavy atom. The second kappa shape index (κ2) is 8.01. The Morgan fingerprint density at radius 3 is 2.38 bits per heavy atom. The molecule has 0 atom stereocenters. The van der Waals surface area contributed by atoms with Crippen molar-refractivity contribution in [2.45, 2.75) is 13.8 Å². The minimum absolute atomic E-state index is 0.187. The maximum absolute atomic E-state index is 11.9. The lowest BCUT2D eigenvalue weighted by Crippen LogP contribution is -2.43. The summed E-state index contributed by atoms with van der Waals surface area (Å²) < 4.78 is 10.5. The van der Waals surface area contributed by atoms with E-state index < -0.39 is 11.8 Å². The van der Waals surface area contributed by atoms with Crippen LogP contribution in [0.3, 0.4) is 0 Å². The van der Waals surface area contributed by atoms with Crippen LogP contribution in [0.2, 0.25) is 0 Å². The third kappa shape index (κ3) is 4.74. The van der Waals surface area contributed by atoms with Gasteiger partial charge in [-0.2, -0.15) is 0 Å². The third-order valence-corrected chi connectivity index (χ3v) is 3.37. The van der Waals surface area contributed by atoms with Crippen molar-refractivity contribution in [3.8, 4) is 11.5 Å². The van der Waals surface area contributed by atoms with Crippen molar-refractivity contribution in [3.05, 3.63) is 59.2 Å². The van der Waals surface area contributed by atoms with E-state index in [0.29, 0.717) is 17.1 Å². The van der Waals surface area contributed by atoms with Crippen LogP contribution in [0.15, 0.2) is 42.5 Å². The van der Waals surface area contributed by atoms with Gasteiger partial charge in [0, 0.05) is 5.56 Å². The van der Waals surface area contributed by atoms with Gasteiger partial charge in [-0.1, -0.05) is 12.1 Å². The SMILES string of the molecule is COc1ccc(C(=O)NNC(=O)COc2cc(C)ccc2C)cc1. The molecule has 2 amide bonds. The summed E-state index contributed by atoms with van der Waals surface area (Å²) in [5.41, 5.74) is 7.05. The maximum Gasteiger partial charge on any atom is 0.276 e. The summed E-state index contributed by atoms with van der Waals surface area (Å²) in [6, 6.07) is 12.3. The zero-order chi connectivity index (χ0) is 17.5. The number of carbonyl (C=O) groups excluding carboxylic acids is 2. The van der Waals surface area contributed by atoms with Crippen LogP contribution in [0, 0.1) is 13.8 Å². The van der Waals surface area contributed by atoms with Gasteiger partial charge >= 0.3 is 0 Å². The monoisotopic (exact) mass is 328 g/mol. The highest BCUT2D eigenvalue weighted by atomic mass is 16.5. The van der Waals surface area contributed by atoms with Gasteiger partial charge in [-0.25, -0.2) is 0 Å². The number of rotatable bonds is 5. The lowest BCUT2D eigenvalue weighted by molar-refractivity contribution is -0.123. The number of hydrogen-bond donors (Lipinski definition) is 2. The van der Waals surface area contributed by atoms with Gasteiger partial charge in [-0.3, -0.25) is 20.4 Å². The quantitative estimate of drug-likeness (QED) is 0.825. The van der Waals surface area contributed by atoms with Crippen molar-refractivity contribution in [2.75, 3.05) is 13.7 Å². The molecule has 6 heteroatoms. The van der Waals surface area contributed by atoms with E-state index in [9.17, 15) is 9.59 Å². The molecule has 0 heterocycles. The lowest BCUT2D eigenvalue weighted by atomic mass is 10.1. The first-order valence-electron chi connectivity index (χ1n) is 7.43. The molecule has 0 fully saturated rings. The Kier molecular flexibility index (Phi) is 5.78. The van der Waals surface area contributed by atoms with Gasteiger partial charge in [0.25, 0.3) is 11.8 Å². The molecule has 2 aromatic carbocycles. The standard InChI is InChI=1S/C18H20N2O4/c1-12-4-5-13(2)16(10-12)24-11-17(21)19-20-18(22)14-6-8-15(23-3)9-7-14/h4-10H,11H2,1-3H3,(H,19,21)(H,20,22). The summed E-state index contributed by atoms with van der Waals surface area (Å²) in [7, 11) is 1.55. The van der Waals surface area contributed by atoms with Gasteiger partial charge in [0.05, 0.1) is 7.11 Å². The van der Waals surface area contributed by atoms with Gasteiger partial charge in [0.2, 0.25) is 0 Å². The van der Waals surface area contributed by atoms with E-state index in [-0.39, 0.29) is 6.61 Å². The fourth-order valence-electron chi connectivity index (χ4n) is 1.98. The van der Waals surface area contributed by atoms with E-state index in [2.05, 4.69) is 10.9 Å². The van der Waals surface area contributed by atoms with Crippen LogP contribution in [0.1, 0.15) is 21.5 Å². The summed E-state index contributed by atoms with van der Waals surface area (Å²) >= 11 is 0. The maximum atomic E-state index is 11.9. The molecule has 0 aromatic heterocycles. The highest BCUT2D eigenvalue weighted by Gasteiger charge is 2.09. The Hall–Kier alpha value is -3.02. The van der Waals surface area contributed by atoms with Crippen LogP contribution in [0.4, 0.5) is 0 Å². The van der Waals surface area contributed by atoms with Crippen molar-refractivity contribution < 1.29 is 19.1 Å². The number of ether oxygens (including phenoxy) is 2. The van der Waals surface area contributed by atoms with E-state index in [4.69, 9.17) is 9.47 Å². The summed E-state index contributed by atoms with van der Waals surface area (Å²) in [6.45, 7) is 3.66. The molecule has 0 spiro atoms. The zero-order valence-electron chi connectivity index (χ0n) is 13.9. The van der Waals surface area contributed by atoms with Gasteiger partial charge < -0.3 is 9.47 Å². The van der Waals surface area contributed by atoms with Crippen molar-refractivity contribution >= 4 is 11.8 Å². The first kappa shape index (κ1) is 17.3. The number of benzene rings is 2. The Morgan fingerprint density at radius 1 is 1.00 bits per heavy atom. The molecule has 2 N–H and O–H groups in total. The smallest absolute Gasteiger partial charge is 0.276 e. The van der Waals surface area contributed by atoms with Crippen LogP contribution >= 0.6 is 0 Å².